The average molecular weight is 428 g/mol. The van der Waals surface area contributed by atoms with Crippen molar-refractivity contribution in [1.29, 1.82) is 5.26 Å². The Balaban J connectivity index is 1.72. The van der Waals surface area contributed by atoms with Crippen LogP contribution in [0.2, 0.25) is 0 Å². The molecule has 8 heteroatoms. The molecule has 3 aliphatic rings. The van der Waals surface area contributed by atoms with Crippen LogP contribution in [0.5, 0.6) is 5.75 Å². The van der Waals surface area contributed by atoms with Crippen LogP contribution in [0, 0.1) is 11.3 Å². The largest absolute Gasteiger partial charge is 0.489 e. The minimum atomic E-state index is -0.489. The molecule has 2 bridgehead atoms. The summed E-state index contributed by atoms with van der Waals surface area (Å²) in [6.07, 6.45) is 3.37. The average Bonchev–Trinajstić information content (AvgIpc) is 3.29. The molecule has 0 radical (unpaired) electrons. The quantitative estimate of drug-likeness (QED) is 0.680. The fraction of sp³-hybridized carbons (Fsp3) is 0.609. The molecule has 0 N–H and O–H groups in total. The van der Waals surface area contributed by atoms with Gasteiger partial charge in [0.05, 0.1) is 23.3 Å². The van der Waals surface area contributed by atoms with E-state index in [0.717, 1.165) is 25.7 Å². The molecule has 3 heterocycles. The van der Waals surface area contributed by atoms with Crippen LogP contribution in [0.15, 0.2) is 18.2 Å². The lowest BCUT2D eigenvalue weighted by atomic mass is 9.99. The molecule has 2 amide bonds. The summed E-state index contributed by atoms with van der Waals surface area (Å²) in [5.74, 6) is -0.0813. The van der Waals surface area contributed by atoms with Crippen LogP contribution >= 0.6 is 0 Å². The second-order valence-electron chi connectivity index (χ2n) is 8.46. The summed E-state index contributed by atoms with van der Waals surface area (Å²) in [5, 5.41) is 9.62. The Kier molecular flexibility index (Phi) is 6.44. The number of fused-ring (bicyclic) bond motifs is 4. The lowest BCUT2D eigenvalue weighted by Crippen LogP contribution is -2.48. The number of methoxy groups -OCH3 is 1. The molecule has 0 aliphatic carbocycles. The number of hydrogen-bond donors (Lipinski definition) is 0. The maximum Gasteiger partial charge on any atom is 0.258 e. The van der Waals surface area contributed by atoms with Crippen LogP contribution in [0.25, 0.3) is 0 Å². The van der Waals surface area contributed by atoms with Crippen LogP contribution in [0.3, 0.4) is 0 Å². The number of rotatable bonds is 1. The summed E-state index contributed by atoms with van der Waals surface area (Å²) in [4.78, 5) is 29.9. The molecular formula is C23H29N3O5. The Morgan fingerprint density at radius 3 is 2.77 bits per heavy atom. The van der Waals surface area contributed by atoms with Gasteiger partial charge in [0.2, 0.25) is 5.91 Å². The molecule has 1 aromatic rings. The maximum absolute atomic E-state index is 13.5. The predicted molar refractivity (Wildman–Crippen MR) is 112 cm³/mol. The molecule has 166 valence electrons. The zero-order valence-corrected chi connectivity index (χ0v) is 18.1. The maximum atomic E-state index is 13.5. The first-order valence-corrected chi connectivity index (χ1v) is 10.9. The van der Waals surface area contributed by atoms with Crippen molar-refractivity contribution in [3.05, 3.63) is 29.3 Å². The fourth-order valence-electron chi connectivity index (χ4n) is 4.81. The second-order valence-corrected chi connectivity index (χ2v) is 8.46. The number of carbonyl (C=O) groups excluding carboxylic acids is 2. The van der Waals surface area contributed by atoms with Gasteiger partial charge in [-0.1, -0.05) is 6.07 Å². The SMILES string of the molecule is CO[C@H]1CC[C@H]2CCN(C)C(=O)[C@H]3CCCN3C(=O)c3cccc(C#N)c3OC[C@@H]1O2. The van der Waals surface area contributed by atoms with E-state index in [4.69, 9.17) is 14.2 Å². The molecule has 4 rings (SSSR count). The number of amides is 2. The Labute approximate surface area is 182 Å². The Hall–Kier alpha value is -2.63. The van der Waals surface area contributed by atoms with Crippen LogP contribution < -0.4 is 4.74 Å². The van der Waals surface area contributed by atoms with Gasteiger partial charge in [-0.05, 0) is 44.2 Å². The van der Waals surface area contributed by atoms with Crippen molar-refractivity contribution < 1.29 is 23.8 Å². The molecule has 8 nitrogen and oxygen atoms in total. The highest BCUT2D eigenvalue weighted by Crippen LogP contribution is 2.31. The molecule has 2 saturated heterocycles. The zero-order chi connectivity index (χ0) is 22.0. The molecule has 0 aromatic heterocycles. The van der Waals surface area contributed by atoms with Gasteiger partial charge in [-0.25, -0.2) is 0 Å². The minimum absolute atomic E-state index is 0.00480. The van der Waals surface area contributed by atoms with E-state index < -0.39 is 6.04 Å². The normalized spacial score (nSPS) is 29.5. The van der Waals surface area contributed by atoms with Crippen LogP contribution in [-0.2, 0) is 14.3 Å². The predicted octanol–water partition coefficient (Wildman–Crippen LogP) is 1.97. The van der Waals surface area contributed by atoms with Crippen molar-refractivity contribution in [2.75, 3.05) is 33.9 Å². The summed E-state index contributed by atoms with van der Waals surface area (Å²) in [6, 6.07) is 6.60. The van der Waals surface area contributed by atoms with Crippen molar-refractivity contribution >= 4 is 11.8 Å². The van der Waals surface area contributed by atoms with E-state index in [2.05, 4.69) is 6.07 Å². The van der Waals surface area contributed by atoms with Crippen molar-refractivity contribution in [1.82, 2.24) is 9.80 Å². The van der Waals surface area contributed by atoms with Gasteiger partial charge in [-0.3, -0.25) is 9.59 Å². The van der Waals surface area contributed by atoms with Crippen molar-refractivity contribution in [2.24, 2.45) is 0 Å². The topological polar surface area (TPSA) is 92.1 Å². The van der Waals surface area contributed by atoms with Gasteiger partial charge in [0.1, 0.15) is 30.6 Å². The van der Waals surface area contributed by atoms with Gasteiger partial charge < -0.3 is 24.0 Å². The first-order valence-electron chi connectivity index (χ1n) is 10.9. The third-order valence-corrected chi connectivity index (χ3v) is 6.58. The van der Waals surface area contributed by atoms with Gasteiger partial charge in [-0.2, -0.15) is 5.26 Å². The summed E-state index contributed by atoms with van der Waals surface area (Å²) in [7, 11) is 3.44. The highest BCUT2D eigenvalue weighted by molar-refractivity contribution is 6.00. The molecular weight excluding hydrogens is 398 g/mol. The first-order chi connectivity index (χ1) is 15.0. The highest BCUT2D eigenvalue weighted by Gasteiger charge is 2.39. The first kappa shape index (κ1) is 21.6. The number of carbonyl (C=O) groups is 2. The van der Waals surface area contributed by atoms with E-state index >= 15 is 0 Å². The number of likely N-dealkylation sites (N-methyl/N-ethyl adjacent to an activating group) is 1. The van der Waals surface area contributed by atoms with Gasteiger partial charge in [0, 0.05) is 27.2 Å². The van der Waals surface area contributed by atoms with Crippen molar-refractivity contribution in [3.63, 3.8) is 0 Å². The van der Waals surface area contributed by atoms with Gasteiger partial charge >= 0.3 is 0 Å². The van der Waals surface area contributed by atoms with E-state index in [9.17, 15) is 14.9 Å². The van der Waals surface area contributed by atoms with E-state index in [-0.39, 0.29) is 42.5 Å². The lowest BCUT2D eigenvalue weighted by Gasteiger charge is -2.37. The monoisotopic (exact) mass is 427 g/mol. The number of nitriles is 1. The second kappa shape index (κ2) is 9.25. The third-order valence-electron chi connectivity index (χ3n) is 6.58. The van der Waals surface area contributed by atoms with Crippen LogP contribution in [0.4, 0.5) is 0 Å². The highest BCUT2D eigenvalue weighted by atomic mass is 16.6. The number of para-hydroxylation sites is 1. The lowest BCUT2D eigenvalue weighted by molar-refractivity contribution is -0.146. The molecule has 0 saturated carbocycles. The molecule has 3 aliphatic heterocycles. The van der Waals surface area contributed by atoms with Crippen molar-refractivity contribution in [2.45, 2.75) is 56.5 Å². The Bertz CT molecular complexity index is 882. The van der Waals surface area contributed by atoms with Gasteiger partial charge in [0.25, 0.3) is 5.91 Å². The molecule has 0 unspecified atom stereocenters. The number of hydrogen-bond acceptors (Lipinski definition) is 6. The van der Waals surface area contributed by atoms with Gasteiger partial charge in [0.15, 0.2) is 0 Å². The van der Waals surface area contributed by atoms with Crippen molar-refractivity contribution in [3.8, 4) is 11.8 Å². The number of nitrogens with zero attached hydrogens (tertiary/aromatic N) is 3. The summed E-state index contributed by atoms with van der Waals surface area (Å²) in [5.41, 5.74) is 0.596. The Morgan fingerprint density at radius 1 is 1.16 bits per heavy atom. The molecule has 1 aromatic carbocycles. The standard InChI is InChI=1S/C23H29N3O5/c1-25-12-10-16-8-9-19(29-2)20(31-16)14-30-21-15(13-24)5-3-6-17(21)22(27)26-11-4-7-18(26)23(25)28/h3,5-6,16,18-20H,4,7-12,14H2,1-2H3/t16-,18+,19-,20-/m0/s1. The zero-order valence-electron chi connectivity index (χ0n) is 18.1. The summed E-state index contributed by atoms with van der Waals surface area (Å²) < 4.78 is 17.9. The van der Waals surface area contributed by atoms with E-state index in [0.29, 0.717) is 30.6 Å². The third kappa shape index (κ3) is 4.25. The summed E-state index contributed by atoms with van der Waals surface area (Å²) >= 11 is 0. The molecule has 2 fully saturated rings. The van der Waals surface area contributed by atoms with Gasteiger partial charge in [-0.15, -0.1) is 0 Å². The molecule has 31 heavy (non-hydrogen) atoms. The van der Waals surface area contributed by atoms with E-state index in [1.54, 1.807) is 42.2 Å². The van der Waals surface area contributed by atoms with E-state index in [1.807, 2.05) is 0 Å². The molecule has 4 atom stereocenters. The fourth-order valence-corrected chi connectivity index (χ4v) is 4.81. The molecule has 0 spiro atoms. The van der Waals surface area contributed by atoms with Crippen LogP contribution in [-0.4, -0.2) is 79.8 Å². The number of benzene rings is 1. The summed E-state index contributed by atoms with van der Waals surface area (Å²) in [6.45, 7) is 1.27. The number of ether oxygens (including phenoxy) is 3. The smallest absolute Gasteiger partial charge is 0.258 e. The van der Waals surface area contributed by atoms with Crippen LogP contribution in [0.1, 0.15) is 48.0 Å². The van der Waals surface area contributed by atoms with E-state index in [1.165, 1.54) is 0 Å². The Morgan fingerprint density at radius 2 is 2.00 bits per heavy atom. The minimum Gasteiger partial charge on any atom is -0.489 e.